The van der Waals surface area contributed by atoms with Crippen LogP contribution in [0.3, 0.4) is 0 Å². The maximum Gasteiger partial charge on any atom is 0.254 e. The molecule has 1 aliphatic carbocycles. The van der Waals surface area contributed by atoms with Crippen LogP contribution < -0.4 is 16.0 Å². The van der Waals surface area contributed by atoms with Crippen LogP contribution in [0.25, 0.3) is 0 Å². The van der Waals surface area contributed by atoms with Crippen molar-refractivity contribution < 1.29 is 9.13 Å². The summed E-state index contributed by atoms with van der Waals surface area (Å²) in [6.07, 6.45) is 2.00. The SMILES string of the molecule is Cc1cc(Oc2cc(=O)[nH]c(C3CC3)n2)c(F)cc1N. The summed E-state index contributed by atoms with van der Waals surface area (Å²) in [5.41, 5.74) is 6.37. The lowest BCUT2D eigenvalue weighted by Crippen LogP contribution is -2.10. The summed E-state index contributed by atoms with van der Waals surface area (Å²) in [6.45, 7) is 1.75. The van der Waals surface area contributed by atoms with Crippen LogP contribution in [0.4, 0.5) is 10.1 Å². The molecule has 0 bridgehead atoms. The van der Waals surface area contributed by atoms with Crippen LogP contribution in [0, 0.1) is 12.7 Å². The molecule has 20 heavy (non-hydrogen) atoms. The van der Waals surface area contributed by atoms with Crippen molar-refractivity contribution in [1.29, 1.82) is 0 Å². The second kappa shape index (κ2) is 4.63. The van der Waals surface area contributed by atoms with Crippen molar-refractivity contribution in [2.24, 2.45) is 0 Å². The lowest BCUT2D eigenvalue weighted by Gasteiger charge is -2.09. The average Bonchev–Trinajstić information content (AvgIpc) is 3.19. The van der Waals surface area contributed by atoms with Gasteiger partial charge in [-0.25, -0.2) is 4.39 Å². The number of hydrogen-bond donors (Lipinski definition) is 2. The summed E-state index contributed by atoms with van der Waals surface area (Å²) in [5.74, 6) is 0.405. The van der Waals surface area contributed by atoms with E-state index in [9.17, 15) is 9.18 Å². The van der Waals surface area contributed by atoms with E-state index < -0.39 is 5.82 Å². The van der Waals surface area contributed by atoms with E-state index in [2.05, 4.69) is 9.97 Å². The summed E-state index contributed by atoms with van der Waals surface area (Å²) < 4.78 is 19.2. The monoisotopic (exact) mass is 275 g/mol. The molecule has 3 rings (SSSR count). The molecule has 0 spiro atoms. The number of ether oxygens (including phenoxy) is 1. The molecule has 1 fully saturated rings. The maximum atomic E-state index is 13.8. The fourth-order valence-corrected chi connectivity index (χ4v) is 1.92. The Balaban J connectivity index is 1.95. The summed E-state index contributed by atoms with van der Waals surface area (Å²) in [6, 6.07) is 3.89. The number of halogens is 1. The highest BCUT2D eigenvalue weighted by molar-refractivity contribution is 5.51. The first-order valence-electron chi connectivity index (χ1n) is 6.37. The van der Waals surface area contributed by atoms with Gasteiger partial charge in [0.2, 0.25) is 5.88 Å². The molecule has 104 valence electrons. The normalized spacial score (nSPS) is 14.3. The molecular formula is C14H14FN3O2. The van der Waals surface area contributed by atoms with Crippen molar-refractivity contribution in [2.45, 2.75) is 25.7 Å². The molecule has 0 aliphatic heterocycles. The Kier molecular flexibility index (Phi) is 2.93. The third-order valence-electron chi connectivity index (χ3n) is 3.24. The van der Waals surface area contributed by atoms with Crippen LogP contribution >= 0.6 is 0 Å². The quantitative estimate of drug-likeness (QED) is 0.843. The largest absolute Gasteiger partial charge is 0.436 e. The van der Waals surface area contributed by atoms with Gasteiger partial charge in [-0.05, 0) is 31.4 Å². The van der Waals surface area contributed by atoms with Crippen molar-refractivity contribution >= 4 is 5.69 Å². The molecule has 1 aliphatic rings. The van der Waals surface area contributed by atoms with Gasteiger partial charge in [0.25, 0.3) is 5.56 Å². The number of nitrogens with two attached hydrogens (primary N) is 1. The fraction of sp³-hybridized carbons (Fsp3) is 0.286. The molecule has 6 heteroatoms. The Labute approximate surface area is 114 Å². The molecule has 3 N–H and O–H groups in total. The first-order valence-corrected chi connectivity index (χ1v) is 6.37. The number of rotatable bonds is 3. The van der Waals surface area contributed by atoms with E-state index in [4.69, 9.17) is 10.5 Å². The number of nitrogens with one attached hydrogen (secondary N) is 1. The Bertz CT molecular complexity index is 723. The molecule has 0 saturated heterocycles. The van der Waals surface area contributed by atoms with E-state index in [0.717, 1.165) is 12.8 Å². The molecule has 0 unspecified atom stereocenters. The Morgan fingerprint density at radius 2 is 2.15 bits per heavy atom. The Morgan fingerprint density at radius 1 is 1.40 bits per heavy atom. The van der Waals surface area contributed by atoms with Gasteiger partial charge in [0.1, 0.15) is 5.82 Å². The van der Waals surface area contributed by atoms with E-state index in [1.54, 1.807) is 6.92 Å². The molecule has 0 atom stereocenters. The number of hydrogen-bond acceptors (Lipinski definition) is 4. The number of anilines is 1. The summed E-state index contributed by atoms with van der Waals surface area (Å²) in [7, 11) is 0. The number of H-pyrrole nitrogens is 1. The smallest absolute Gasteiger partial charge is 0.254 e. The number of nitrogens with zero attached hydrogens (tertiary/aromatic N) is 1. The van der Waals surface area contributed by atoms with E-state index >= 15 is 0 Å². The van der Waals surface area contributed by atoms with Gasteiger partial charge in [-0.1, -0.05) is 0 Å². The third-order valence-corrected chi connectivity index (χ3v) is 3.24. The van der Waals surface area contributed by atoms with Crippen molar-refractivity contribution in [3.8, 4) is 11.6 Å². The maximum absolute atomic E-state index is 13.8. The Hall–Kier alpha value is -2.37. The van der Waals surface area contributed by atoms with Gasteiger partial charge in [-0.15, -0.1) is 0 Å². The predicted octanol–water partition coefficient (Wildman–Crippen LogP) is 2.47. The number of aromatic nitrogens is 2. The standard InChI is InChI=1S/C14H14FN3O2/c1-7-4-11(9(15)5-10(7)16)20-13-6-12(19)17-14(18-13)8-2-3-8/h4-6,8H,2-3,16H2,1H3,(H,17,18,19). The topological polar surface area (TPSA) is 81.0 Å². The van der Waals surface area contributed by atoms with Crippen LogP contribution in [0.15, 0.2) is 23.0 Å². The highest BCUT2D eigenvalue weighted by Gasteiger charge is 2.26. The van der Waals surface area contributed by atoms with Gasteiger partial charge < -0.3 is 15.5 Å². The molecule has 1 aromatic carbocycles. The lowest BCUT2D eigenvalue weighted by molar-refractivity contribution is 0.423. The van der Waals surface area contributed by atoms with Crippen molar-refractivity contribution in [3.63, 3.8) is 0 Å². The first kappa shape index (κ1) is 12.7. The van der Waals surface area contributed by atoms with Gasteiger partial charge in [0.05, 0.1) is 6.07 Å². The van der Waals surface area contributed by atoms with Gasteiger partial charge in [0, 0.05) is 17.7 Å². The summed E-state index contributed by atoms with van der Waals surface area (Å²) in [4.78, 5) is 18.4. The van der Waals surface area contributed by atoms with Crippen LogP contribution in [0.1, 0.15) is 30.1 Å². The van der Waals surface area contributed by atoms with Gasteiger partial charge in [0.15, 0.2) is 11.6 Å². The average molecular weight is 275 g/mol. The zero-order valence-electron chi connectivity index (χ0n) is 10.9. The summed E-state index contributed by atoms with van der Waals surface area (Å²) >= 11 is 0. The van der Waals surface area contributed by atoms with Crippen LogP contribution in [0.2, 0.25) is 0 Å². The second-order valence-electron chi connectivity index (χ2n) is 4.98. The van der Waals surface area contributed by atoms with Crippen molar-refractivity contribution in [2.75, 3.05) is 5.73 Å². The lowest BCUT2D eigenvalue weighted by atomic mass is 10.2. The molecule has 2 aromatic rings. The van der Waals surface area contributed by atoms with E-state index in [-0.39, 0.29) is 23.1 Å². The van der Waals surface area contributed by atoms with Crippen LogP contribution in [-0.2, 0) is 0 Å². The van der Waals surface area contributed by atoms with E-state index in [1.807, 2.05) is 0 Å². The minimum atomic E-state index is -0.580. The summed E-state index contributed by atoms with van der Waals surface area (Å²) in [5, 5.41) is 0. The minimum absolute atomic E-state index is 0.0107. The highest BCUT2D eigenvalue weighted by Crippen LogP contribution is 2.38. The highest BCUT2D eigenvalue weighted by atomic mass is 19.1. The van der Waals surface area contributed by atoms with Crippen molar-refractivity contribution in [1.82, 2.24) is 9.97 Å². The van der Waals surface area contributed by atoms with E-state index in [1.165, 1.54) is 18.2 Å². The minimum Gasteiger partial charge on any atom is -0.436 e. The molecule has 1 heterocycles. The van der Waals surface area contributed by atoms with Gasteiger partial charge >= 0.3 is 0 Å². The predicted molar refractivity (Wildman–Crippen MR) is 72.5 cm³/mol. The number of nitrogen functional groups attached to an aromatic ring is 1. The second-order valence-corrected chi connectivity index (χ2v) is 4.98. The fourth-order valence-electron chi connectivity index (χ4n) is 1.92. The number of aromatic amines is 1. The number of benzene rings is 1. The molecule has 0 amide bonds. The third kappa shape index (κ3) is 2.49. The van der Waals surface area contributed by atoms with E-state index in [0.29, 0.717) is 17.1 Å². The first-order chi connectivity index (χ1) is 9.52. The molecule has 1 aromatic heterocycles. The van der Waals surface area contributed by atoms with Gasteiger partial charge in [-0.2, -0.15) is 4.98 Å². The van der Waals surface area contributed by atoms with Crippen LogP contribution in [-0.4, -0.2) is 9.97 Å². The van der Waals surface area contributed by atoms with Crippen molar-refractivity contribution in [3.05, 3.63) is 45.8 Å². The zero-order valence-corrected chi connectivity index (χ0v) is 10.9. The molecular weight excluding hydrogens is 261 g/mol. The molecule has 5 nitrogen and oxygen atoms in total. The zero-order chi connectivity index (χ0) is 14.3. The van der Waals surface area contributed by atoms with Crippen LogP contribution in [0.5, 0.6) is 11.6 Å². The molecule has 0 radical (unpaired) electrons. The Morgan fingerprint density at radius 3 is 2.85 bits per heavy atom. The van der Waals surface area contributed by atoms with Gasteiger partial charge in [-0.3, -0.25) is 4.79 Å². The molecule has 1 saturated carbocycles. The number of aryl methyl sites for hydroxylation is 1.